The number of carboxylic acids is 1. The van der Waals surface area contributed by atoms with Gasteiger partial charge in [-0.3, -0.25) is 4.79 Å². The van der Waals surface area contributed by atoms with E-state index in [1.165, 1.54) is 4.88 Å². The van der Waals surface area contributed by atoms with Crippen LogP contribution in [0, 0.1) is 29.1 Å². The summed E-state index contributed by atoms with van der Waals surface area (Å²) in [5, 5.41) is 41.8. The van der Waals surface area contributed by atoms with Gasteiger partial charge < -0.3 is 15.3 Å². The number of nitriles is 1. The van der Waals surface area contributed by atoms with Gasteiger partial charge in [-0.25, -0.2) is 0 Å². The van der Waals surface area contributed by atoms with Crippen LogP contribution in [0.2, 0.25) is 0 Å². The molecule has 2 aliphatic carbocycles. The highest BCUT2D eigenvalue weighted by molar-refractivity contribution is 7.10. The average Bonchev–Trinajstić information content (AvgIpc) is 3.33. The third-order valence-electron chi connectivity index (χ3n) is 7.07. The van der Waals surface area contributed by atoms with Gasteiger partial charge in [0.05, 0.1) is 24.2 Å². The molecular formula is C25H33NO4S. The first kappa shape index (κ1) is 23.7. The number of carboxylic acid groups (broad SMARTS) is 1. The Morgan fingerprint density at radius 2 is 2.16 bits per heavy atom. The zero-order valence-corrected chi connectivity index (χ0v) is 18.7. The van der Waals surface area contributed by atoms with Crippen LogP contribution in [0.25, 0.3) is 0 Å². The number of unbranched alkanes of at least 4 members (excludes halogenated alkanes) is 1. The van der Waals surface area contributed by atoms with Crippen LogP contribution >= 0.6 is 11.3 Å². The lowest BCUT2D eigenvalue weighted by Gasteiger charge is -2.45. The molecule has 3 unspecified atom stereocenters. The summed E-state index contributed by atoms with van der Waals surface area (Å²) < 4.78 is 0. The van der Waals surface area contributed by atoms with Crippen LogP contribution in [0.5, 0.6) is 0 Å². The van der Waals surface area contributed by atoms with Crippen LogP contribution in [0.4, 0.5) is 0 Å². The van der Waals surface area contributed by atoms with E-state index in [2.05, 4.69) is 17.5 Å². The average molecular weight is 444 g/mol. The van der Waals surface area contributed by atoms with Gasteiger partial charge in [0.25, 0.3) is 0 Å². The standard InChI is InChI=1S/C25H33NO4S/c26-17-18-16-21(27)20(19(18)8-3-1-2-4-12-24(29)30)9-5-10-22(28)25(13-7-14-25)23-11-6-15-31-23/h1,3,5-6,9,11,15,18-22,27-28H,2,4,7-8,10,12-14,16H2,(H,29,30)/b3-1-,9-5+/t18?,19-,20?,21+,22?/m0/s1. The second-order valence-corrected chi connectivity index (χ2v) is 9.89. The predicted octanol–water partition coefficient (Wildman–Crippen LogP) is 4.81. The second kappa shape index (κ2) is 11.1. The van der Waals surface area contributed by atoms with Gasteiger partial charge in [-0.1, -0.05) is 36.8 Å². The second-order valence-electron chi connectivity index (χ2n) is 8.94. The van der Waals surface area contributed by atoms with Gasteiger partial charge in [-0.05, 0) is 62.3 Å². The summed E-state index contributed by atoms with van der Waals surface area (Å²) in [4.78, 5) is 11.8. The maximum atomic E-state index is 10.9. The number of nitrogens with zero attached hydrogens (tertiary/aromatic N) is 1. The first-order valence-electron chi connectivity index (χ1n) is 11.3. The van der Waals surface area contributed by atoms with E-state index in [4.69, 9.17) is 5.11 Å². The molecule has 1 aromatic heterocycles. The minimum absolute atomic E-state index is 0.0408. The monoisotopic (exact) mass is 443 g/mol. The summed E-state index contributed by atoms with van der Waals surface area (Å²) in [6.07, 6.45) is 13.4. The summed E-state index contributed by atoms with van der Waals surface area (Å²) >= 11 is 1.71. The summed E-state index contributed by atoms with van der Waals surface area (Å²) in [5.41, 5.74) is -0.125. The molecule has 5 nitrogen and oxygen atoms in total. The van der Waals surface area contributed by atoms with Gasteiger partial charge >= 0.3 is 5.97 Å². The van der Waals surface area contributed by atoms with E-state index in [-0.39, 0.29) is 29.6 Å². The molecule has 31 heavy (non-hydrogen) atoms. The number of aliphatic carboxylic acids is 1. The normalized spacial score (nSPS) is 28.5. The molecular weight excluding hydrogens is 410 g/mol. The molecule has 1 heterocycles. The Morgan fingerprint density at radius 1 is 1.35 bits per heavy atom. The number of aliphatic hydroxyl groups excluding tert-OH is 2. The smallest absolute Gasteiger partial charge is 0.303 e. The van der Waals surface area contributed by atoms with E-state index in [0.29, 0.717) is 32.1 Å². The maximum Gasteiger partial charge on any atom is 0.303 e. The zero-order chi connectivity index (χ0) is 22.3. The van der Waals surface area contributed by atoms with Crippen molar-refractivity contribution in [1.29, 1.82) is 5.26 Å². The first-order chi connectivity index (χ1) is 15.0. The van der Waals surface area contributed by atoms with Gasteiger partial charge in [0.2, 0.25) is 0 Å². The lowest BCUT2D eigenvalue weighted by Crippen LogP contribution is -2.44. The fourth-order valence-corrected chi connectivity index (χ4v) is 6.12. The number of hydrogen-bond donors (Lipinski definition) is 3. The topological polar surface area (TPSA) is 102 Å². The molecule has 168 valence electrons. The zero-order valence-electron chi connectivity index (χ0n) is 17.9. The predicted molar refractivity (Wildman–Crippen MR) is 122 cm³/mol. The van der Waals surface area contributed by atoms with E-state index >= 15 is 0 Å². The number of carbonyl (C=O) groups is 1. The van der Waals surface area contributed by atoms with Crippen LogP contribution in [0.1, 0.15) is 62.7 Å². The molecule has 0 radical (unpaired) electrons. The highest BCUT2D eigenvalue weighted by atomic mass is 32.1. The molecule has 0 aromatic carbocycles. The number of thiophene rings is 1. The van der Waals surface area contributed by atoms with E-state index < -0.39 is 18.2 Å². The van der Waals surface area contributed by atoms with Crippen LogP contribution in [0.3, 0.4) is 0 Å². The Kier molecular flexibility index (Phi) is 8.48. The number of allylic oxidation sites excluding steroid dienone is 2. The van der Waals surface area contributed by atoms with Crippen molar-refractivity contribution in [3.8, 4) is 6.07 Å². The molecule has 6 heteroatoms. The Labute approximate surface area is 188 Å². The number of aliphatic hydroxyl groups is 2. The van der Waals surface area contributed by atoms with E-state index in [1.54, 1.807) is 11.3 Å². The fraction of sp³-hybridized carbons (Fsp3) is 0.600. The Hall–Kier alpha value is -1.94. The van der Waals surface area contributed by atoms with Gasteiger partial charge in [0, 0.05) is 22.6 Å². The van der Waals surface area contributed by atoms with E-state index in [1.807, 2.05) is 30.4 Å². The summed E-state index contributed by atoms with van der Waals surface area (Å²) in [5.74, 6) is -1.03. The summed E-state index contributed by atoms with van der Waals surface area (Å²) in [7, 11) is 0. The molecule has 5 atom stereocenters. The molecule has 2 fully saturated rings. The maximum absolute atomic E-state index is 10.9. The molecule has 0 aliphatic heterocycles. The molecule has 3 N–H and O–H groups in total. The molecule has 0 saturated heterocycles. The lowest BCUT2D eigenvalue weighted by molar-refractivity contribution is -0.137. The third kappa shape index (κ3) is 5.65. The van der Waals surface area contributed by atoms with Gasteiger partial charge in [0.1, 0.15) is 0 Å². The Balaban J connectivity index is 1.57. The highest BCUT2D eigenvalue weighted by Gasteiger charge is 2.45. The van der Waals surface area contributed by atoms with E-state index in [0.717, 1.165) is 19.3 Å². The van der Waals surface area contributed by atoms with Gasteiger partial charge in [-0.15, -0.1) is 11.3 Å². The number of rotatable bonds is 11. The van der Waals surface area contributed by atoms with Crippen molar-refractivity contribution < 1.29 is 20.1 Å². The SMILES string of the molecule is N#CC1C[C@@H](O)C(/C=C/CC(O)C2(c3cccs3)CCC2)[C@H]1C/C=C\CCCC(=O)O. The molecule has 2 aliphatic rings. The number of hydrogen-bond acceptors (Lipinski definition) is 5. The molecule has 1 aromatic rings. The minimum atomic E-state index is -0.785. The van der Waals surface area contributed by atoms with Crippen molar-refractivity contribution in [2.45, 2.75) is 75.4 Å². The third-order valence-corrected chi connectivity index (χ3v) is 8.16. The molecule has 3 rings (SSSR count). The van der Waals surface area contributed by atoms with Crippen molar-refractivity contribution in [2.24, 2.45) is 17.8 Å². The highest BCUT2D eigenvalue weighted by Crippen LogP contribution is 2.49. The Morgan fingerprint density at radius 3 is 2.77 bits per heavy atom. The molecule has 2 saturated carbocycles. The van der Waals surface area contributed by atoms with Crippen LogP contribution < -0.4 is 0 Å². The van der Waals surface area contributed by atoms with Gasteiger partial charge in [0.15, 0.2) is 0 Å². The van der Waals surface area contributed by atoms with Gasteiger partial charge in [-0.2, -0.15) is 5.26 Å². The molecule has 0 spiro atoms. The largest absolute Gasteiger partial charge is 0.481 e. The summed E-state index contributed by atoms with van der Waals surface area (Å²) in [6, 6.07) is 6.51. The van der Waals surface area contributed by atoms with E-state index in [9.17, 15) is 20.3 Å². The Bertz CT molecular complexity index is 806. The molecule has 0 bridgehead atoms. The quantitative estimate of drug-likeness (QED) is 0.336. The summed E-state index contributed by atoms with van der Waals surface area (Å²) in [6.45, 7) is 0. The lowest BCUT2D eigenvalue weighted by atomic mass is 9.63. The minimum Gasteiger partial charge on any atom is -0.481 e. The van der Waals surface area contributed by atoms with Crippen LogP contribution in [-0.4, -0.2) is 33.5 Å². The fourth-order valence-electron chi connectivity index (χ4n) is 5.08. The van der Waals surface area contributed by atoms with Crippen molar-refractivity contribution in [1.82, 2.24) is 0 Å². The van der Waals surface area contributed by atoms with Crippen molar-refractivity contribution in [3.05, 3.63) is 46.7 Å². The van der Waals surface area contributed by atoms with Crippen LogP contribution in [0.15, 0.2) is 41.8 Å². The first-order valence-corrected chi connectivity index (χ1v) is 12.2. The van der Waals surface area contributed by atoms with Crippen molar-refractivity contribution >= 4 is 17.3 Å². The van der Waals surface area contributed by atoms with Crippen molar-refractivity contribution in [2.75, 3.05) is 0 Å². The molecule has 0 amide bonds. The van der Waals surface area contributed by atoms with Crippen LogP contribution in [-0.2, 0) is 10.2 Å². The van der Waals surface area contributed by atoms with Crippen molar-refractivity contribution in [3.63, 3.8) is 0 Å².